The first kappa shape index (κ1) is 56.8. The molecule has 0 heterocycles. The van der Waals surface area contributed by atoms with Crippen LogP contribution >= 0.6 is 0 Å². The molecular formula is C52H101NO5. The van der Waals surface area contributed by atoms with Gasteiger partial charge < -0.3 is 25.7 Å². The van der Waals surface area contributed by atoms with E-state index in [2.05, 4.69) is 43.5 Å². The van der Waals surface area contributed by atoms with Gasteiger partial charge in [0, 0.05) is 0 Å². The van der Waals surface area contributed by atoms with Gasteiger partial charge >= 0.3 is 0 Å². The molecule has 0 aromatic rings. The van der Waals surface area contributed by atoms with E-state index >= 15 is 0 Å². The van der Waals surface area contributed by atoms with Crippen LogP contribution in [0, 0.1) is 0 Å². The molecule has 0 saturated heterocycles. The lowest BCUT2D eigenvalue weighted by Crippen LogP contribution is -2.53. The molecule has 0 aliphatic carbocycles. The highest BCUT2D eigenvalue weighted by molar-refractivity contribution is 5.80. The maximum atomic E-state index is 12.6. The van der Waals surface area contributed by atoms with Gasteiger partial charge in [0.05, 0.1) is 18.8 Å². The highest BCUT2D eigenvalue weighted by atomic mass is 16.3. The number of carbonyl (C=O) groups is 1. The molecule has 0 spiro atoms. The van der Waals surface area contributed by atoms with Crippen molar-refractivity contribution in [3.63, 3.8) is 0 Å². The largest absolute Gasteiger partial charge is 0.394 e. The second-order valence-electron chi connectivity index (χ2n) is 17.9. The van der Waals surface area contributed by atoms with Crippen molar-refractivity contribution in [3.05, 3.63) is 24.3 Å². The average Bonchev–Trinajstić information content (AvgIpc) is 3.23. The standard InChI is InChI=1S/C52H101NO5/c1-3-5-7-9-11-13-15-17-19-21-23-24-25-26-27-28-30-32-34-36-38-40-42-44-46-50(56)52(58)53-48(47-54)51(57)49(55)45-43-41-39-37-35-33-31-29-22-20-18-16-14-12-10-8-6-4-2/h26-27,37,39,48-51,54-57H,3-25,28-36,38,40-47H2,1-2H3,(H,53,58)/b27-26-,39-37+. The highest BCUT2D eigenvalue weighted by Gasteiger charge is 2.28. The Bertz CT molecular complexity index is 878. The fourth-order valence-corrected chi connectivity index (χ4v) is 8.05. The van der Waals surface area contributed by atoms with Gasteiger partial charge in [-0.3, -0.25) is 4.79 Å². The van der Waals surface area contributed by atoms with Gasteiger partial charge in [-0.2, -0.15) is 0 Å². The quantitative estimate of drug-likeness (QED) is 0.0310. The number of nitrogens with one attached hydrogen (secondary N) is 1. The Balaban J connectivity index is 3.69. The Kier molecular flexibility index (Phi) is 45.9. The van der Waals surface area contributed by atoms with E-state index in [1.54, 1.807) is 0 Å². The molecule has 4 unspecified atom stereocenters. The smallest absolute Gasteiger partial charge is 0.249 e. The molecule has 0 rings (SSSR count). The molecule has 0 radical (unpaired) electrons. The lowest BCUT2D eigenvalue weighted by Gasteiger charge is -2.27. The van der Waals surface area contributed by atoms with Crippen molar-refractivity contribution in [1.82, 2.24) is 5.32 Å². The second kappa shape index (κ2) is 46.8. The molecule has 6 nitrogen and oxygen atoms in total. The molecular weight excluding hydrogens is 719 g/mol. The van der Waals surface area contributed by atoms with Crippen LogP contribution in [0.25, 0.3) is 0 Å². The van der Waals surface area contributed by atoms with Crippen LogP contribution in [-0.2, 0) is 4.79 Å². The molecule has 6 heteroatoms. The number of aliphatic hydroxyl groups excluding tert-OH is 4. The predicted molar refractivity (Wildman–Crippen MR) is 251 cm³/mol. The van der Waals surface area contributed by atoms with Crippen LogP contribution in [0.3, 0.4) is 0 Å². The second-order valence-corrected chi connectivity index (χ2v) is 17.9. The van der Waals surface area contributed by atoms with Crippen LogP contribution in [0.1, 0.15) is 271 Å². The first-order valence-corrected chi connectivity index (χ1v) is 25.7. The third kappa shape index (κ3) is 40.2. The molecule has 1 amide bonds. The number of hydrogen-bond acceptors (Lipinski definition) is 5. The van der Waals surface area contributed by atoms with Gasteiger partial charge in [0.15, 0.2) is 0 Å². The Morgan fingerprint density at radius 3 is 1.03 bits per heavy atom. The average molecular weight is 820 g/mol. The number of rotatable bonds is 47. The van der Waals surface area contributed by atoms with E-state index in [0.717, 1.165) is 38.5 Å². The zero-order chi connectivity index (χ0) is 42.4. The molecule has 58 heavy (non-hydrogen) atoms. The van der Waals surface area contributed by atoms with Crippen molar-refractivity contribution in [2.75, 3.05) is 6.61 Å². The number of hydrogen-bond donors (Lipinski definition) is 5. The minimum absolute atomic E-state index is 0.361. The zero-order valence-corrected chi connectivity index (χ0v) is 38.8. The van der Waals surface area contributed by atoms with E-state index < -0.39 is 36.9 Å². The van der Waals surface area contributed by atoms with Crippen LogP contribution in [0.5, 0.6) is 0 Å². The van der Waals surface area contributed by atoms with Crippen LogP contribution in [-0.4, -0.2) is 57.3 Å². The van der Waals surface area contributed by atoms with Gasteiger partial charge in [0.25, 0.3) is 0 Å². The number of carbonyl (C=O) groups excluding carboxylic acids is 1. The molecule has 344 valence electrons. The Morgan fingerprint density at radius 2 is 0.707 bits per heavy atom. The van der Waals surface area contributed by atoms with Gasteiger partial charge in [-0.1, -0.05) is 231 Å². The van der Waals surface area contributed by atoms with Crippen molar-refractivity contribution in [2.24, 2.45) is 0 Å². The summed E-state index contributed by atoms with van der Waals surface area (Å²) in [6.45, 7) is 4.06. The van der Waals surface area contributed by atoms with E-state index in [1.165, 1.54) is 205 Å². The maximum absolute atomic E-state index is 12.6. The SMILES string of the molecule is CCCCCCCCCCCCCC/C=C\CCCCCCCCCCC(O)C(=O)NC(CO)C(O)C(O)CCC/C=C/CCCCCCCCCCCCCCC. The van der Waals surface area contributed by atoms with E-state index in [-0.39, 0.29) is 0 Å². The lowest BCUT2D eigenvalue weighted by atomic mass is 10.00. The monoisotopic (exact) mass is 820 g/mol. The summed E-state index contributed by atoms with van der Waals surface area (Å²) in [7, 11) is 0. The first-order valence-electron chi connectivity index (χ1n) is 25.7. The van der Waals surface area contributed by atoms with E-state index in [1.807, 2.05) is 0 Å². The first-order chi connectivity index (χ1) is 28.5. The van der Waals surface area contributed by atoms with E-state index in [9.17, 15) is 25.2 Å². The third-order valence-corrected chi connectivity index (χ3v) is 12.1. The summed E-state index contributed by atoms with van der Waals surface area (Å²) < 4.78 is 0. The van der Waals surface area contributed by atoms with Crippen molar-refractivity contribution < 1.29 is 25.2 Å². The molecule has 0 bridgehead atoms. The summed E-state index contributed by atoms with van der Waals surface area (Å²) in [6, 6.07) is -1.00. The summed E-state index contributed by atoms with van der Waals surface area (Å²) in [4.78, 5) is 12.6. The topological polar surface area (TPSA) is 110 Å². The minimum Gasteiger partial charge on any atom is -0.394 e. The number of unbranched alkanes of at least 4 members (excludes halogenated alkanes) is 34. The number of allylic oxidation sites excluding steroid dienone is 4. The summed E-state index contributed by atoms with van der Waals surface area (Å²) in [5, 5.41) is 43.8. The summed E-state index contributed by atoms with van der Waals surface area (Å²) in [5.41, 5.74) is 0. The molecule has 0 fully saturated rings. The van der Waals surface area contributed by atoms with Gasteiger partial charge in [-0.05, 0) is 64.2 Å². The lowest BCUT2D eigenvalue weighted by molar-refractivity contribution is -0.132. The normalized spacial score (nSPS) is 14.1. The van der Waals surface area contributed by atoms with Gasteiger partial charge in [0.2, 0.25) is 5.91 Å². The van der Waals surface area contributed by atoms with Crippen LogP contribution in [0.4, 0.5) is 0 Å². The molecule has 0 aliphatic heterocycles. The molecule has 4 atom stereocenters. The molecule has 0 aromatic carbocycles. The number of amides is 1. The van der Waals surface area contributed by atoms with Gasteiger partial charge in [-0.15, -0.1) is 0 Å². The maximum Gasteiger partial charge on any atom is 0.249 e. The van der Waals surface area contributed by atoms with E-state index in [0.29, 0.717) is 12.8 Å². The van der Waals surface area contributed by atoms with Crippen LogP contribution in [0.2, 0.25) is 0 Å². The summed E-state index contributed by atoms with van der Waals surface area (Å²) >= 11 is 0. The third-order valence-electron chi connectivity index (χ3n) is 12.1. The van der Waals surface area contributed by atoms with Crippen molar-refractivity contribution >= 4 is 5.91 Å². The van der Waals surface area contributed by atoms with Gasteiger partial charge in [0.1, 0.15) is 12.2 Å². The van der Waals surface area contributed by atoms with Crippen LogP contribution < -0.4 is 5.32 Å². The molecule has 0 aromatic heterocycles. The Labute approximate surface area is 361 Å². The minimum atomic E-state index is -1.28. The predicted octanol–water partition coefficient (Wildman–Crippen LogP) is 14.3. The van der Waals surface area contributed by atoms with Crippen molar-refractivity contribution in [2.45, 2.75) is 295 Å². The van der Waals surface area contributed by atoms with E-state index in [4.69, 9.17) is 0 Å². The molecule has 0 saturated carbocycles. The molecule has 0 aliphatic rings. The fraction of sp³-hybridized carbons (Fsp3) is 0.904. The Morgan fingerprint density at radius 1 is 0.414 bits per heavy atom. The fourth-order valence-electron chi connectivity index (χ4n) is 8.05. The summed E-state index contributed by atoms with van der Waals surface area (Å²) in [5.74, 6) is -0.593. The zero-order valence-electron chi connectivity index (χ0n) is 38.8. The highest BCUT2D eigenvalue weighted by Crippen LogP contribution is 2.16. The van der Waals surface area contributed by atoms with Crippen LogP contribution in [0.15, 0.2) is 24.3 Å². The van der Waals surface area contributed by atoms with Crippen molar-refractivity contribution in [1.29, 1.82) is 0 Å². The summed E-state index contributed by atoms with van der Waals surface area (Å²) in [6.07, 6.45) is 55.1. The van der Waals surface area contributed by atoms with Gasteiger partial charge in [-0.25, -0.2) is 0 Å². The molecule has 5 N–H and O–H groups in total. The number of aliphatic hydroxyl groups is 4. The Hall–Kier alpha value is -1.21. The van der Waals surface area contributed by atoms with Crippen molar-refractivity contribution in [3.8, 4) is 0 Å².